The monoisotopic (exact) mass is 381 g/mol. The highest BCUT2D eigenvalue weighted by atomic mass is 32.1. The highest BCUT2D eigenvalue weighted by Crippen LogP contribution is 2.34. The van der Waals surface area contributed by atoms with Crippen LogP contribution in [0.25, 0.3) is 0 Å². The van der Waals surface area contributed by atoms with Crippen LogP contribution in [0.1, 0.15) is 18.5 Å². The van der Waals surface area contributed by atoms with Crippen molar-refractivity contribution in [3.63, 3.8) is 0 Å². The quantitative estimate of drug-likeness (QED) is 0.718. The van der Waals surface area contributed by atoms with Crippen LogP contribution in [0.5, 0.6) is 0 Å². The van der Waals surface area contributed by atoms with Gasteiger partial charge in [-0.1, -0.05) is 0 Å². The number of thiazole rings is 1. The summed E-state index contributed by atoms with van der Waals surface area (Å²) in [7, 11) is 0. The van der Waals surface area contributed by atoms with Gasteiger partial charge in [0.2, 0.25) is 0 Å². The first-order valence-corrected chi connectivity index (χ1v) is 9.16. The van der Waals surface area contributed by atoms with E-state index in [-0.39, 0.29) is 19.0 Å². The maximum absolute atomic E-state index is 12.7. The molecule has 2 aliphatic heterocycles. The molecule has 142 valence electrons. The highest BCUT2D eigenvalue weighted by Gasteiger charge is 2.36. The third kappa shape index (κ3) is 4.43. The molecule has 0 spiro atoms. The van der Waals surface area contributed by atoms with Crippen LogP contribution >= 0.6 is 11.3 Å². The molecule has 25 heavy (non-hydrogen) atoms. The SMILES string of the molecule is O[C@H]1[C@H](O)CN(C[C@H]2CCCN(c3nc(C(F)(F)F)cs3)C2)C[C@@H]1O. The van der Waals surface area contributed by atoms with Crippen molar-refractivity contribution >= 4 is 16.5 Å². The Morgan fingerprint density at radius 2 is 1.84 bits per heavy atom. The molecule has 1 aromatic heterocycles. The minimum Gasteiger partial charge on any atom is -0.389 e. The number of halogens is 3. The maximum Gasteiger partial charge on any atom is 0.434 e. The Bertz CT molecular complexity index is 574. The van der Waals surface area contributed by atoms with Crippen molar-refractivity contribution < 1.29 is 28.5 Å². The van der Waals surface area contributed by atoms with Gasteiger partial charge < -0.3 is 20.2 Å². The smallest absolute Gasteiger partial charge is 0.389 e. The second-order valence-corrected chi connectivity index (χ2v) is 7.65. The van der Waals surface area contributed by atoms with Crippen molar-refractivity contribution in [1.82, 2.24) is 9.88 Å². The molecule has 3 N–H and O–H groups in total. The molecule has 2 fully saturated rings. The van der Waals surface area contributed by atoms with Gasteiger partial charge in [-0.2, -0.15) is 13.2 Å². The molecule has 0 aromatic carbocycles. The number of piperidine rings is 2. The lowest BCUT2D eigenvalue weighted by Gasteiger charge is -2.40. The Morgan fingerprint density at radius 1 is 1.16 bits per heavy atom. The average molecular weight is 381 g/mol. The van der Waals surface area contributed by atoms with E-state index in [1.807, 2.05) is 9.80 Å². The summed E-state index contributed by atoms with van der Waals surface area (Å²) in [6, 6.07) is 0. The molecular weight excluding hydrogens is 359 g/mol. The van der Waals surface area contributed by atoms with Crippen LogP contribution in [0.15, 0.2) is 5.38 Å². The number of rotatable bonds is 3. The van der Waals surface area contributed by atoms with E-state index in [2.05, 4.69) is 4.98 Å². The number of aromatic nitrogens is 1. The molecule has 0 unspecified atom stereocenters. The Hall–Kier alpha value is -0.940. The van der Waals surface area contributed by atoms with Crippen LogP contribution < -0.4 is 4.90 Å². The fourth-order valence-corrected chi connectivity index (χ4v) is 4.39. The van der Waals surface area contributed by atoms with Crippen molar-refractivity contribution in [2.45, 2.75) is 37.3 Å². The van der Waals surface area contributed by atoms with Gasteiger partial charge in [0, 0.05) is 38.1 Å². The molecule has 0 saturated carbocycles. The van der Waals surface area contributed by atoms with E-state index in [0.29, 0.717) is 24.8 Å². The topological polar surface area (TPSA) is 80.1 Å². The molecule has 0 bridgehead atoms. The predicted molar refractivity (Wildman–Crippen MR) is 86.5 cm³/mol. The van der Waals surface area contributed by atoms with Crippen LogP contribution in [0, 0.1) is 5.92 Å². The minimum atomic E-state index is -4.43. The lowest BCUT2D eigenvalue weighted by molar-refractivity contribution is -0.140. The summed E-state index contributed by atoms with van der Waals surface area (Å²) in [5.41, 5.74) is -0.856. The van der Waals surface area contributed by atoms with E-state index in [1.165, 1.54) is 0 Å². The first-order valence-electron chi connectivity index (χ1n) is 8.28. The van der Waals surface area contributed by atoms with Crippen LogP contribution in [0.2, 0.25) is 0 Å². The van der Waals surface area contributed by atoms with Crippen LogP contribution in [-0.2, 0) is 6.18 Å². The number of alkyl halides is 3. The van der Waals surface area contributed by atoms with Gasteiger partial charge in [-0.05, 0) is 18.8 Å². The fourth-order valence-electron chi connectivity index (χ4n) is 3.52. The normalized spacial score (nSPS) is 32.2. The van der Waals surface area contributed by atoms with Crippen LogP contribution in [0.4, 0.5) is 18.3 Å². The number of likely N-dealkylation sites (tertiary alicyclic amines) is 1. The van der Waals surface area contributed by atoms with Gasteiger partial charge >= 0.3 is 6.18 Å². The van der Waals surface area contributed by atoms with Gasteiger partial charge in [0.1, 0.15) is 6.10 Å². The second kappa shape index (κ2) is 7.36. The van der Waals surface area contributed by atoms with Gasteiger partial charge in [-0.15, -0.1) is 11.3 Å². The average Bonchev–Trinajstić information content (AvgIpc) is 3.03. The van der Waals surface area contributed by atoms with Crippen molar-refractivity contribution in [2.24, 2.45) is 5.92 Å². The van der Waals surface area contributed by atoms with E-state index < -0.39 is 30.2 Å². The van der Waals surface area contributed by atoms with E-state index in [0.717, 1.165) is 29.6 Å². The first kappa shape index (κ1) is 18.8. The summed E-state index contributed by atoms with van der Waals surface area (Å²) in [6.07, 6.45) is -5.75. The number of hydrogen-bond donors (Lipinski definition) is 3. The van der Waals surface area contributed by atoms with E-state index in [4.69, 9.17) is 0 Å². The first-order chi connectivity index (χ1) is 11.7. The lowest BCUT2D eigenvalue weighted by atomic mass is 9.95. The van der Waals surface area contributed by atoms with Gasteiger partial charge in [-0.25, -0.2) is 4.98 Å². The molecule has 4 atom stereocenters. The number of aliphatic hydroxyl groups excluding tert-OH is 3. The van der Waals surface area contributed by atoms with E-state index in [9.17, 15) is 28.5 Å². The predicted octanol–water partition coefficient (Wildman–Crippen LogP) is 0.777. The molecule has 0 radical (unpaired) electrons. The van der Waals surface area contributed by atoms with Crippen molar-refractivity contribution in [3.05, 3.63) is 11.1 Å². The third-order valence-electron chi connectivity index (χ3n) is 4.77. The Labute approximate surface area is 147 Å². The second-order valence-electron chi connectivity index (χ2n) is 6.81. The third-order valence-corrected chi connectivity index (χ3v) is 5.67. The summed E-state index contributed by atoms with van der Waals surface area (Å²) >= 11 is 1.00. The molecule has 0 aliphatic carbocycles. The summed E-state index contributed by atoms with van der Waals surface area (Å²) in [4.78, 5) is 7.49. The van der Waals surface area contributed by atoms with Crippen molar-refractivity contribution in [2.75, 3.05) is 37.6 Å². The van der Waals surface area contributed by atoms with Gasteiger partial charge in [0.15, 0.2) is 10.8 Å². The molecule has 2 aliphatic rings. The van der Waals surface area contributed by atoms with Gasteiger partial charge in [0.05, 0.1) is 12.2 Å². The number of hydrogen-bond acceptors (Lipinski definition) is 7. The Kier molecular flexibility index (Phi) is 5.54. The molecule has 2 saturated heterocycles. The largest absolute Gasteiger partial charge is 0.434 e. The summed E-state index contributed by atoms with van der Waals surface area (Å²) in [5.74, 6) is 0.210. The molecular formula is C15H22F3N3O3S. The number of aliphatic hydroxyl groups is 3. The summed E-state index contributed by atoms with van der Waals surface area (Å²) < 4.78 is 38.1. The zero-order valence-electron chi connectivity index (χ0n) is 13.6. The molecule has 6 nitrogen and oxygen atoms in total. The van der Waals surface area contributed by atoms with Crippen LogP contribution in [0.3, 0.4) is 0 Å². The van der Waals surface area contributed by atoms with Crippen molar-refractivity contribution in [1.29, 1.82) is 0 Å². The molecule has 10 heteroatoms. The van der Waals surface area contributed by atoms with E-state index in [1.54, 1.807) is 0 Å². The van der Waals surface area contributed by atoms with Crippen LogP contribution in [-0.4, -0.2) is 76.2 Å². The Balaban J connectivity index is 1.59. The standard InChI is InChI=1S/C15H22F3N3O3S/c16-15(17,18)12-8-25-14(19-12)21-3-1-2-9(5-21)4-20-6-10(22)13(24)11(23)7-20/h8-11,13,22-24H,1-7H2/t9-,10-,11+,13+/m1/s1. The Morgan fingerprint density at radius 3 is 2.44 bits per heavy atom. The maximum atomic E-state index is 12.7. The lowest BCUT2D eigenvalue weighted by Crippen LogP contribution is -2.56. The fraction of sp³-hybridized carbons (Fsp3) is 0.800. The highest BCUT2D eigenvalue weighted by molar-refractivity contribution is 7.13. The molecule has 3 rings (SSSR count). The number of anilines is 1. The zero-order chi connectivity index (χ0) is 18.2. The summed E-state index contributed by atoms with van der Waals surface area (Å²) in [6.45, 7) is 2.45. The van der Waals surface area contributed by atoms with Crippen molar-refractivity contribution in [3.8, 4) is 0 Å². The van der Waals surface area contributed by atoms with Gasteiger partial charge in [-0.3, -0.25) is 4.90 Å². The zero-order valence-corrected chi connectivity index (χ0v) is 14.4. The van der Waals surface area contributed by atoms with E-state index >= 15 is 0 Å². The summed E-state index contributed by atoms with van der Waals surface area (Å²) in [5, 5.41) is 30.6. The molecule has 1 aromatic rings. The molecule has 3 heterocycles. The minimum absolute atomic E-state index is 0.210. The number of nitrogens with zero attached hydrogens (tertiary/aromatic N) is 3. The number of β-amino-alcohol motifs (C(OH)–C–C–N with tert-alkyl or cyclic N) is 2. The molecule has 0 amide bonds. The van der Waals surface area contributed by atoms with Gasteiger partial charge in [0.25, 0.3) is 0 Å².